The molecule has 1 fully saturated rings. The van der Waals surface area contributed by atoms with Gasteiger partial charge in [0.1, 0.15) is 17.5 Å². The van der Waals surface area contributed by atoms with Crippen LogP contribution in [0.4, 0.5) is 10.2 Å². The lowest BCUT2D eigenvalue weighted by atomic mass is 10.0. The highest BCUT2D eigenvalue weighted by atomic mass is 19.1. The smallest absolute Gasteiger partial charge is 0.222 e. The Balaban J connectivity index is 1.49. The molecule has 2 aromatic carbocycles. The van der Waals surface area contributed by atoms with E-state index in [0.717, 1.165) is 67.4 Å². The number of aromatic nitrogens is 2. The fourth-order valence-corrected chi connectivity index (χ4v) is 4.66. The Morgan fingerprint density at radius 1 is 0.971 bits per heavy atom. The van der Waals surface area contributed by atoms with Crippen molar-refractivity contribution in [3.05, 3.63) is 88.6 Å². The van der Waals surface area contributed by atoms with Gasteiger partial charge in [0.2, 0.25) is 5.91 Å². The molecule has 3 aromatic rings. The van der Waals surface area contributed by atoms with E-state index in [1.54, 1.807) is 12.1 Å². The van der Waals surface area contributed by atoms with Crippen LogP contribution in [-0.4, -0.2) is 47.0 Å². The van der Waals surface area contributed by atoms with Crippen molar-refractivity contribution in [1.29, 1.82) is 0 Å². The molecule has 1 aromatic heterocycles. The molecule has 0 aliphatic carbocycles. The van der Waals surface area contributed by atoms with Crippen molar-refractivity contribution < 1.29 is 9.18 Å². The monoisotopic (exact) mass is 460 g/mol. The maximum atomic E-state index is 13.8. The summed E-state index contributed by atoms with van der Waals surface area (Å²) in [6.07, 6.45) is 3.57. The zero-order valence-corrected chi connectivity index (χ0v) is 20.1. The minimum atomic E-state index is -0.232. The summed E-state index contributed by atoms with van der Waals surface area (Å²) < 4.78 is 13.8. The van der Waals surface area contributed by atoms with Crippen LogP contribution < -0.4 is 4.90 Å². The summed E-state index contributed by atoms with van der Waals surface area (Å²) in [6, 6.07) is 16.9. The molecule has 6 heteroatoms. The number of hydrogen-bond donors (Lipinski definition) is 0. The normalized spacial score (nSPS) is 14.2. The van der Waals surface area contributed by atoms with Gasteiger partial charge in [-0.25, -0.2) is 14.4 Å². The Kier molecular flexibility index (Phi) is 7.88. The van der Waals surface area contributed by atoms with Crippen molar-refractivity contribution in [3.63, 3.8) is 0 Å². The van der Waals surface area contributed by atoms with Crippen LogP contribution in [0.1, 0.15) is 48.0 Å². The molecule has 0 radical (unpaired) electrons. The van der Waals surface area contributed by atoms with E-state index in [4.69, 9.17) is 4.98 Å². The predicted octanol–water partition coefficient (Wildman–Crippen LogP) is 4.75. The highest BCUT2D eigenvalue weighted by Crippen LogP contribution is 2.26. The second-order valence-corrected chi connectivity index (χ2v) is 8.89. The van der Waals surface area contributed by atoms with Crippen molar-refractivity contribution in [1.82, 2.24) is 14.9 Å². The molecule has 0 bridgehead atoms. The molecule has 4 rings (SSSR count). The van der Waals surface area contributed by atoms with Crippen LogP contribution in [-0.2, 0) is 24.1 Å². The molecule has 0 saturated carbocycles. The molecular weight excluding hydrogens is 427 g/mol. The first kappa shape index (κ1) is 23.9. The number of anilines is 1. The minimum Gasteiger partial charge on any atom is -0.354 e. The van der Waals surface area contributed by atoms with E-state index < -0.39 is 0 Å². The number of amides is 1. The third-order valence-corrected chi connectivity index (χ3v) is 6.41. The van der Waals surface area contributed by atoms with Gasteiger partial charge in [-0.2, -0.15) is 0 Å². The Labute approximate surface area is 201 Å². The number of rotatable bonds is 7. The molecule has 1 aliphatic rings. The molecule has 1 saturated heterocycles. The zero-order chi connectivity index (χ0) is 23.9. The number of nitrogens with zero attached hydrogens (tertiary/aromatic N) is 4. The molecule has 0 spiro atoms. The van der Waals surface area contributed by atoms with Gasteiger partial charge in [-0.15, -0.1) is 0 Å². The molecule has 34 heavy (non-hydrogen) atoms. The lowest BCUT2D eigenvalue weighted by Crippen LogP contribution is -2.36. The van der Waals surface area contributed by atoms with Gasteiger partial charge < -0.3 is 9.80 Å². The van der Waals surface area contributed by atoms with Gasteiger partial charge in [-0.05, 0) is 49.4 Å². The Morgan fingerprint density at radius 2 is 1.76 bits per heavy atom. The molecular formula is C28H33FN4O. The van der Waals surface area contributed by atoms with E-state index in [2.05, 4.69) is 28.9 Å². The number of aryl methyl sites for hydroxylation is 3. The first-order chi connectivity index (χ1) is 16.5. The topological polar surface area (TPSA) is 49.3 Å². The standard InChI is InChI=1S/C28H33FN4O/c1-3-26-25(20-23-11-7-12-24(29)19-23)28(31-21(2)30-26)33-16-8-15-32(17-18-33)27(34)14-13-22-9-5-4-6-10-22/h4-7,9-12,19H,3,8,13-18,20H2,1-2H3. The Hall–Kier alpha value is -3.28. The SMILES string of the molecule is CCc1nc(C)nc(N2CCCN(C(=O)CCc3ccccc3)CC2)c1Cc1cccc(F)c1. The van der Waals surface area contributed by atoms with Gasteiger partial charge in [0.05, 0.1) is 0 Å². The van der Waals surface area contributed by atoms with E-state index >= 15 is 0 Å². The van der Waals surface area contributed by atoms with E-state index in [1.807, 2.05) is 36.1 Å². The summed E-state index contributed by atoms with van der Waals surface area (Å²) in [5.41, 5.74) is 4.17. The number of halogens is 1. The summed E-state index contributed by atoms with van der Waals surface area (Å²) in [4.78, 5) is 26.7. The first-order valence-corrected chi connectivity index (χ1v) is 12.2. The molecule has 0 N–H and O–H groups in total. The van der Waals surface area contributed by atoms with Crippen LogP contribution in [0.3, 0.4) is 0 Å². The van der Waals surface area contributed by atoms with Crippen LogP contribution in [0, 0.1) is 12.7 Å². The molecule has 1 aliphatic heterocycles. The summed E-state index contributed by atoms with van der Waals surface area (Å²) in [7, 11) is 0. The molecule has 0 unspecified atom stereocenters. The van der Waals surface area contributed by atoms with Crippen LogP contribution in [0.15, 0.2) is 54.6 Å². The van der Waals surface area contributed by atoms with Crippen molar-refractivity contribution in [2.45, 2.75) is 46.0 Å². The van der Waals surface area contributed by atoms with Crippen LogP contribution in [0.5, 0.6) is 0 Å². The van der Waals surface area contributed by atoms with E-state index in [0.29, 0.717) is 19.4 Å². The van der Waals surface area contributed by atoms with E-state index in [-0.39, 0.29) is 11.7 Å². The second-order valence-electron chi connectivity index (χ2n) is 8.89. The lowest BCUT2D eigenvalue weighted by molar-refractivity contribution is -0.130. The van der Waals surface area contributed by atoms with E-state index in [9.17, 15) is 9.18 Å². The fourth-order valence-electron chi connectivity index (χ4n) is 4.66. The number of hydrogen-bond acceptors (Lipinski definition) is 4. The van der Waals surface area contributed by atoms with Crippen molar-refractivity contribution in [2.75, 3.05) is 31.1 Å². The van der Waals surface area contributed by atoms with Crippen molar-refractivity contribution in [3.8, 4) is 0 Å². The average Bonchev–Trinajstić information content (AvgIpc) is 3.10. The summed E-state index contributed by atoms with van der Waals surface area (Å²) >= 11 is 0. The quantitative estimate of drug-likeness (QED) is 0.511. The fraction of sp³-hybridized carbons (Fsp3) is 0.393. The number of carbonyl (C=O) groups excluding carboxylic acids is 1. The third kappa shape index (κ3) is 5.99. The summed E-state index contributed by atoms with van der Waals surface area (Å²) in [5, 5.41) is 0. The average molecular weight is 461 g/mol. The molecule has 2 heterocycles. The number of benzene rings is 2. The molecule has 0 atom stereocenters. The molecule has 178 valence electrons. The molecule has 5 nitrogen and oxygen atoms in total. The summed E-state index contributed by atoms with van der Waals surface area (Å²) in [6.45, 7) is 7.01. The van der Waals surface area contributed by atoms with Gasteiger partial charge in [0.25, 0.3) is 0 Å². The second kappa shape index (κ2) is 11.2. The lowest BCUT2D eigenvalue weighted by Gasteiger charge is -2.26. The van der Waals surface area contributed by atoms with Gasteiger partial charge >= 0.3 is 0 Å². The maximum absolute atomic E-state index is 13.8. The van der Waals surface area contributed by atoms with Crippen molar-refractivity contribution in [2.24, 2.45) is 0 Å². The Morgan fingerprint density at radius 3 is 2.53 bits per heavy atom. The van der Waals surface area contributed by atoms with Crippen LogP contribution >= 0.6 is 0 Å². The largest absolute Gasteiger partial charge is 0.354 e. The predicted molar refractivity (Wildman–Crippen MR) is 134 cm³/mol. The van der Waals surface area contributed by atoms with Gasteiger partial charge in [0.15, 0.2) is 0 Å². The van der Waals surface area contributed by atoms with Gasteiger partial charge in [0, 0.05) is 50.3 Å². The van der Waals surface area contributed by atoms with E-state index in [1.165, 1.54) is 11.6 Å². The van der Waals surface area contributed by atoms with Gasteiger partial charge in [-0.3, -0.25) is 4.79 Å². The highest BCUT2D eigenvalue weighted by molar-refractivity contribution is 5.76. The zero-order valence-electron chi connectivity index (χ0n) is 20.1. The maximum Gasteiger partial charge on any atom is 0.222 e. The summed E-state index contributed by atoms with van der Waals surface area (Å²) in [5.74, 6) is 1.64. The number of carbonyl (C=O) groups is 1. The first-order valence-electron chi connectivity index (χ1n) is 12.2. The van der Waals surface area contributed by atoms with Gasteiger partial charge in [-0.1, -0.05) is 49.4 Å². The Bertz CT molecular complexity index is 1120. The third-order valence-electron chi connectivity index (χ3n) is 6.41. The van der Waals surface area contributed by atoms with Crippen LogP contribution in [0.2, 0.25) is 0 Å². The van der Waals surface area contributed by atoms with Crippen LogP contribution in [0.25, 0.3) is 0 Å². The molecule has 1 amide bonds. The van der Waals surface area contributed by atoms with Crippen molar-refractivity contribution >= 4 is 11.7 Å². The minimum absolute atomic E-state index is 0.207. The highest BCUT2D eigenvalue weighted by Gasteiger charge is 2.23.